The molecule has 2 aliphatic rings. The van der Waals surface area contributed by atoms with Crippen LogP contribution in [-0.2, 0) is 6.54 Å². The molecular formula is C15H20FN3O. The summed E-state index contributed by atoms with van der Waals surface area (Å²) < 4.78 is 13.6. The zero-order chi connectivity index (χ0) is 14.3. The lowest BCUT2D eigenvalue weighted by Crippen LogP contribution is -2.44. The summed E-state index contributed by atoms with van der Waals surface area (Å²) in [6, 6.07) is 5.38. The number of nitrogens with one attached hydrogen (secondary N) is 1. The molecule has 2 aliphatic heterocycles. The van der Waals surface area contributed by atoms with E-state index in [2.05, 4.69) is 4.90 Å². The van der Waals surface area contributed by atoms with E-state index >= 15 is 0 Å². The number of fused-ring (bicyclic) bond motifs is 2. The molecule has 0 saturated carbocycles. The summed E-state index contributed by atoms with van der Waals surface area (Å²) >= 11 is 0. The first kappa shape index (κ1) is 13.5. The van der Waals surface area contributed by atoms with Crippen molar-refractivity contribution >= 4 is 5.84 Å². The Morgan fingerprint density at radius 3 is 2.55 bits per heavy atom. The Hall–Kier alpha value is -1.46. The SMILES string of the molecule is N=C(N)c1cc(F)cc(CN2C3CCC2CC(O)C3)c1. The number of amidine groups is 1. The molecular weight excluding hydrogens is 257 g/mol. The van der Waals surface area contributed by atoms with Crippen molar-refractivity contribution in [2.24, 2.45) is 5.73 Å². The first-order chi connectivity index (χ1) is 9.52. The van der Waals surface area contributed by atoms with Gasteiger partial charge in [0.1, 0.15) is 11.7 Å². The summed E-state index contributed by atoms with van der Waals surface area (Å²) in [6.45, 7) is 0.667. The number of hydrogen-bond donors (Lipinski definition) is 3. The molecule has 0 aromatic heterocycles. The van der Waals surface area contributed by atoms with Crippen molar-refractivity contribution in [2.75, 3.05) is 0 Å². The molecule has 2 saturated heterocycles. The van der Waals surface area contributed by atoms with E-state index < -0.39 is 0 Å². The molecule has 2 bridgehead atoms. The molecule has 1 aromatic rings. The van der Waals surface area contributed by atoms with Gasteiger partial charge in [-0.1, -0.05) is 0 Å². The first-order valence-electron chi connectivity index (χ1n) is 7.10. The van der Waals surface area contributed by atoms with Crippen LogP contribution in [0.5, 0.6) is 0 Å². The van der Waals surface area contributed by atoms with Crippen LogP contribution in [0.15, 0.2) is 18.2 Å². The molecule has 4 N–H and O–H groups in total. The first-order valence-corrected chi connectivity index (χ1v) is 7.10. The molecule has 0 amide bonds. The number of benzene rings is 1. The third-order valence-electron chi connectivity index (χ3n) is 4.49. The smallest absolute Gasteiger partial charge is 0.124 e. The predicted molar refractivity (Wildman–Crippen MR) is 75.0 cm³/mol. The van der Waals surface area contributed by atoms with E-state index in [1.807, 2.05) is 0 Å². The number of nitrogen functional groups attached to an aromatic ring is 1. The molecule has 2 atom stereocenters. The lowest BCUT2D eigenvalue weighted by molar-refractivity contribution is 0.0310. The lowest BCUT2D eigenvalue weighted by atomic mass is 9.98. The Bertz CT molecular complexity index is 520. The summed E-state index contributed by atoms with van der Waals surface area (Å²) in [5, 5.41) is 17.2. The van der Waals surface area contributed by atoms with Gasteiger partial charge in [-0.15, -0.1) is 0 Å². The maximum Gasteiger partial charge on any atom is 0.124 e. The van der Waals surface area contributed by atoms with Gasteiger partial charge in [0, 0.05) is 24.2 Å². The average Bonchev–Trinajstić information content (AvgIpc) is 2.61. The van der Waals surface area contributed by atoms with Crippen LogP contribution < -0.4 is 5.73 Å². The van der Waals surface area contributed by atoms with Crippen LogP contribution in [-0.4, -0.2) is 34.0 Å². The van der Waals surface area contributed by atoms with Crippen LogP contribution in [0.25, 0.3) is 0 Å². The normalized spacial score (nSPS) is 29.6. The van der Waals surface area contributed by atoms with E-state index in [1.165, 1.54) is 12.1 Å². The third kappa shape index (κ3) is 2.55. The molecule has 5 heteroatoms. The average molecular weight is 277 g/mol. The summed E-state index contributed by atoms with van der Waals surface area (Å²) in [7, 11) is 0. The fourth-order valence-electron chi connectivity index (χ4n) is 3.61. The van der Waals surface area contributed by atoms with Crippen molar-refractivity contribution < 1.29 is 9.50 Å². The fourth-order valence-corrected chi connectivity index (χ4v) is 3.61. The van der Waals surface area contributed by atoms with Gasteiger partial charge < -0.3 is 10.8 Å². The summed E-state index contributed by atoms with van der Waals surface area (Å²) in [5.74, 6) is -0.458. The number of nitrogens with zero attached hydrogens (tertiary/aromatic N) is 1. The second kappa shape index (κ2) is 5.14. The topological polar surface area (TPSA) is 73.3 Å². The molecule has 3 rings (SSSR count). The molecule has 0 aliphatic carbocycles. The van der Waals surface area contributed by atoms with Gasteiger partial charge in [0.25, 0.3) is 0 Å². The quantitative estimate of drug-likeness (QED) is 0.580. The van der Waals surface area contributed by atoms with Gasteiger partial charge >= 0.3 is 0 Å². The monoisotopic (exact) mass is 277 g/mol. The molecule has 2 heterocycles. The van der Waals surface area contributed by atoms with Crippen LogP contribution >= 0.6 is 0 Å². The highest BCUT2D eigenvalue weighted by Gasteiger charge is 2.39. The highest BCUT2D eigenvalue weighted by Crippen LogP contribution is 2.36. The Kier molecular flexibility index (Phi) is 3.48. The third-order valence-corrected chi connectivity index (χ3v) is 4.49. The zero-order valence-electron chi connectivity index (χ0n) is 11.3. The predicted octanol–water partition coefficient (Wildman–Crippen LogP) is 1.60. The standard InChI is InChI=1S/C15H20FN3O/c16-11-4-9(3-10(5-11)15(17)18)8-19-12-1-2-13(19)7-14(20)6-12/h3-5,12-14,20H,1-2,6-8H2,(H3,17,18). The molecule has 2 fully saturated rings. The summed E-state index contributed by atoms with van der Waals surface area (Å²) in [6.07, 6.45) is 3.65. The van der Waals surface area contributed by atoms with E-state index in [9.17, 15) is 9.50 Å². The summed E-state index contributed by atoms with van der Waals surface area (Å²) in [4.78, 5) is 2.37. The maximum atomic E-state index is 13.6. The van der Waals surface area contributed by atoms with E-state index in [4.69, 9.17) is 11.1 Å². The van der Waals surface area contributed by atoms with Gasteiger partial charge in [0.15, 0.2) is 0 Å². The minimum atomic E-state index is -0.350. The number of aliphatic hydroxyl groups excluding tert-OH is 1. The van der Waals surface area contributed by atoms with Crippen LogP contribution in [0.1, 0.15) is 36.8 Å². The minimum Gasteiger partial charge on any atom is -0.393 e. The minimum absolute atomic E-state index is 0.109. The number of nitrogens with two attached hydrogens (primary N) is 1. The molecule has 4 nitrogen and oxygen atoms in total. The second-order valence-electron chi connectivity index (χ2n) is 5.94. The van der Waals surface area contributed by atoms with Crippen LogP contribution in [0, 0.1) is 11.2 Å². The maximum absolute atomic E-state index is 13.6. The van der Waals surface area contributed by atoms with Gasteiger partial charge in [0.05, 0.1) is 6.10 Å². The van der Waals surface area contributed by atoms with Crippen molar-refractivity contribution in [3.05, 3.63) is 35.1 Å². The van der Waals surface area contributed by atoms with Crippen LogP contribution in [0.2, 0.25) is 0 Å². The Balaban J connectivity index is 1.80. The molecule has 108 valence electrons. The lowest BCUT2D eigenvalue weighted by Gasteiger charge is -2.37. The van der Waals surface area contributed by atoms with Gasteiger partial charge in [-0.2, -0.15) is 0 Å². The number of rotatable bonds is 3. The fraction of sp³-hybridized carbons (Fsp3) is 0.533. The van der Waals surface area contributed by atoms with Crippen molar-refractivity contribution in [3.8, 4) is 0 Å². The van der Waals surface area contributed by atoms with Crippen molar-refractivity contribution in [1.29, 1.82) is 5.41 Å². The number of hydrogen-bond acceptors (Lipinski definition) is 3. The van der Waals surface area contributed by atoms with Crippen molar-refractivity contribution in [2.45, 2.75) is 50.4 Å². The van der Waals surface area contributed by atoms with E-state index in [1.54, 1.807) is 6.07 Å². The van der Waals surface area contributed by atoms with Gasteiger partial charge in [0.2, 0.25) is 0 Å². The molecule has 1 aromatic carbocycles. The zero-order valence-corrected chi connectivity index (χ0v) is 11.3. The highest BCUT2D eigenvalue weighted by molar-refractivity contribution is 5.95. The Morgan fingerprint density at radius 1 is 1.30 bits per heavy atom. The molecule has 0 radical (unpaired) electrons. The molecule has 0 spiro atoms. The van der Waals surface area contributed by atoms with E-state index in [0.29, 0.717) is 24.2 Å². The highest BCUT2D eigenvalue weighted by atomic mass is 19.1. The Labute approximate surface area is 117 Å². The second-order valence-corrected chi connectivity index (χ2v) is 5.94. The van der Waals surface area contributed by atoms with Crippen LogP contribution in [0.3, 0.4) is 0 Å². The largest absolute Gasteiger partial charge is 0.393 e. The van der Waals surface area contributed by atoms with Gasteiger partial charge in [-0.05, 0) is 49.4 Å². The number of aliphatic hydroxyl groups is 1. The van der Waals surface area contributed by atoms with Crippen LogP contribution in [0.4, 0.5) is 4.39 Å². The van der Waals surface area contributed by atoms with Crippen molar-refractivity contribution in [1.82, 2.24) is 4.90 Å². The summed E-state index contributed by atoms with van der Waals surface area (Å²) in [5.41, 5.74) is 6.72. The van der Waals surface area contributed by atoms with Crippen molar-refractivity contribution in [3.63, 3.8) is 0 Å². The number of halogens is 1. The molecule has 2 unspecified atom stereocenters. The van der Waals surface area contributed by atoms with E-state index in [-0.39, 0.29) is 17.8 Å². The number of piperidine rings is 1. The molecule has 20 heavy (non-hydrogen) atoms. The van der Waals surface area contributed by atoms with Gasteiger partial charge in [-0.25, -0.2) is 4.39 Å². The van der Waals surface area contributed by atoms with Gasteiger partial charge in [-0.3, -0.25) is 10.3 Å². The van der Waals surface area contributed by atoms with E-state index in [0.717, 1.165) is 31.2 Å². The Morgan fingerprint density at radius 2 is 1.95 bits per heavy atom.